The fourth-order valence-corrected chi connectivity index (χ4v) is 4.27. The molecule has 21 heavy (non-hydrogen) atoms. The minimum absolute atomic E-state index is 0. The molecule has 0 radical (unpaired) electrons. The van der Waals surface area contributed by atoms with E-state index in [1.54, 1.807) is 18.2 Å². The van der Waals surface area contributed by atoms with Gasteiger partial charge in [0.15, 0.2) is 11.5 Å². The molecule has 1 fully saturated rings. The predicted molar refractivity (Wildman–Crippen MR) is 80.6 cm³/mol. The van der Waals surface area contributed by atoms with E-state index in [4.69, 9.17) is 15.2 Å². The number of ether oxygens (including phenoxy) is 2. The summed E-state index contributed by atoms with van der Waals surface area (Å²) in [5, 5.41) is 0. The van der Waals surface area contributed by atoms with Crippen LogP contribution in [0.25, 0.3) is 0 Å². The maximum absolute atomic E-state index is 12.7. The molecular weight excluding hydrogens is 316 g/mol. The molecule has 2 N–H and O–H groups in total. The van der Waals surface area contributed by atoms with Crippen molar-refractivity contribution in [1.82, 2.24) is 4.31 Å². The largest absolute Gasteiger partial charge is 0.486 e. The van der Waals surface area contributed by atoms with E-state index < -0.39 is 10.0 Å². The molecule has 0 amide bonds. The highest BCUT2D eigenvalue weighted by Crippen LogP contribution is 2.38. The SMILES string of the molecule is Cl.NCC1CCN(S(=O)(=O)c2cccc3c2OCCO3)C1. The molecule has 0 aromatic heterocycles. The number of nitrogens with two attached hydrogens (primary N) is 1. The number of rotatable bonds is 3. The molecule has 2 aliphatic heterocycles. The molecule has 1 unspecified atom stereocenters. The van der Waals surface area contributed by atoms with Gasteiger partial charge in [-0.25, -0.2) is 8.42 Å². The van der Waals surface area contributed by atoms with Gasteiger partial charge in [-0.1, -0.05) is 6.07 Å². The first kappa shape index (κ1) is 16.4. The smallest absolute Gasteiger partial charge is 0.246 e. The van der Waals surface area contributed by atoms with Crippen LogP contribution >= 0.6 is 12.4 Å². The Bertz CT molecular complexity index is 608. The Morgan fingerprint density at radius 2 is 2.05 bits per heavy atom. The summed E-state index contributed by atoms with van der Waals surface area (Å²) in [6.45, 7) is 2.30. The van der Waals surface area contributed by atoms with Crippen molar-refractivity contribution in [1.29, 1.82) is 0 Å². The molecule has 8 heteroatoms. The number of para-hydroxylation sites is 1. The topological polar surface area (TPSA) is 81.9 Å². The standard InChI is InChI=1S/C13H18N2O4S.ClH/c14-8-10-4-5-15(9-10)20(16,17)12-3-1-2-11-13(12)19-7-6-18-11;/h1-3,10H,4-9,14H2;1H. The Morgan fingerprint density at radius 1 is 1.29 bits per heavy atom. The fourth-order valence-electron chi connectivity index (χ4n) is 2.60. The van der Waals surface area contributed by atoms with Crippen molar-refractivity contribution in [3.63, 3.8) is 0 Å². The van der Waals surface area contributed by atoms with Crippen LogP contribution in [0.5, 0.6) is 11.5 Å². The monoisotopic (exact) mass is 334 g/mol. The fraction of sp³-hybridized carbons (Fsp3) is 0.538. The summed E-state index contributed by atoms with van der Waals surface area (Å²) in [4.78, 5) is 0.187. The van der Waals surface area contributed by atoms with E-state index >= 15 is 0 Å². The van der Waals surface area contributed by atoms with Gasteiger partial charge in [-0.15, -0.1) is 12.4 Å². The number of hydrogen-bond donors (Lipinski definition) is 1. The van der Waals surface area contributed by atoms with Crippen molar-refractivity contribution in [2.45, 2.75) is 11.3 Å². The van der Waals surface area contributed by atoms with Gasteiger partial charge in [0, 0.05) is 13.1 Å². The average molecular weight is 335 g/mol. The van der Waals surface area contributed by atoms with Crippen molar-refractivity contribution in [2.75, 3.05) is 32.8 Å². The van der Waals surface area contributed by atoms with Crippen molar-refractivity contribution >= 4 is 22.4 Å². The van der Waals surface area contributed by atoms with Crippen LogP contribution in [0.15, 0.2) is 23.1 Å². The lowest BCUT2D eigenvalue weighted by molar-refractivity contribution is 0.166. The number of hydrogen-bond acceptors (Lipinski definition) is 5. The van der Waals surface area contributed by atoms with Gasteiger partial charge in [0.1, 0.15) is 18.1 Å². The quantitative estimate of drug-likeness (QED) is 0.886. The van der Waals surface area contributed by atoms with E-state index in [2.05, 4.69) is 0 Å². The average Bonchev–Trinajstić information content (AvgIpc) is 2.96. The lowest BCUT2D eigenvalue weighted by atomic mass is 10.1. The lowest BCUT2D eigenvalue weighted by Gasteiger charge is -2.23. The molecule has 1 atom stereocenters. The summed E-state index contributed by atoms with van der Waals surface area (Å²) in [5.41, 5.74) is 5.62. The molecule has 0 bridgehead atoms. The third-order valence-electron chi connectivity index (χ3n) is 3.73. The second-order valence-electron chi connectivity index (χ2n) is 5.03. The van der Waals surface area contributed by atoms with Crippen LogP contribution in [0.1, 0.15) is 6.42 Å². The van der Waals surface area contributed by atoms with Crippen LogP contribution in [0.4, 0.5) is 0 Å². The molecule has 1 aromatic rings. The minimum Gasteiger partial charge on any atom is -0.486 e. The summed E-state index contributed by atoms with van der Waals surface area (Å²) >= 11 is 0. The van der Waals surface area contributed by atoms with Gasteiger partial charge < -0.3 is 15.2 Å². The van der Waals surface area contributed by atoms with Gasteiger partial charge in [0.05, 0.1) is 0 Å². The van der Waals surface area contributed by atoms with Crippen molar-refractivity contribution in [3.05, 3.63) is 18.2 Å². The van der Waals surface area contributed by atoms with E-state index in [1.165, 1.54) is 4.31 Å². The Kier molecular flexibility index (Phi) is 4.98. The summed E-state index contributed by atoms with van der Waals surface area (Å²) in [7, 11) is -3.55. The molecule has 118 valence electrons. The number of halogens is 1. The Hall–Kier alpha value is -1.02. The number of benzene rings is 1. The van der Waals surface area contributed by atoms with Crippen molar-refractivity contribution in [3.8, 4) is 11.5 Å². The summed E-state index contributed by atoms with van der Waals surface area (Å²) in [5.74, 6) is 1.06. The molecule has 2 heterocycles. The highest BCUT2D eigenvalue weighted by atomic mass is 35.5. The van der Waals surface area contributed by atoms with E-state index in [-0.39, 0.29) is 23.2 Å². The Morgan fingerprint density at radius 3 is 2.76 bits per heavy atom. The maximum Gasteiger partial charge on any atom is 0.246 e. The van der Waals surface area contributed by atoms with Gasteiger partial charge in [0.2, 0.25) is 10.0 Å². The zero-order valence-electron chi connectivity index (χ0n) is 11.5. The Labute approximate surface area is 130 Å². The molecule has 1 saturated heterocycles. The zero-order valence-corrected chi connectivity index (χ0v) is 13.2. The van der Waals surface area contributed by atoms with Crippen molar-refractivity contribution < 1.29 is 17.9 Å². The van der Waals surface area contributed by atoms with Crippen LogP contribution in [-0.4, -0.2) is 45.6 Å². The highest BCUT2D eigenvalue weighted by molar-refractivity contribution is 7.89. The van der Waals surface area contributed by atoms with Gasteiger partial charge in [-0.2, -0.15) is 4.31 Å². The van der Waals surface area contributed by atoms with Crippen LogP contribution in [0.2, 0.25) is 0 Å². The Balaban J connectivity index is 0.00000161. The first-order valence-electron chi connectivity index (χ1n) is 6.72. The van der Waals surface area contributed by atoms with Gasteiger partial charge in [-0.3, -0.25) is 0 Å². The number of sulfonamides is 1. The first-order valence-corrected chi connectivity index (χ1v) is 8.16. The normalized spacial score (nSPS) is 21.9. The van der Waals surface area contributed by atoms with E-state index in [9.17, 15) is 8.42 Å². The van der Waals surface area contributed by atoms with E-state index in [1.807, 2.05) is 0 Å². The summed E-state index contributed by atoms with van der Waals surface area (Å²) in [6, 6.07) is 4.97. The predicted octanol–water partition coefficient (Wildman–Crippen LogP) is 0.849. The molecule has 0 aliphatic carbocycles. The molecule has 2 aliphatic rings. The highest BCUT2D eigenvalue weighted by Gasteiger charge is 2.35. The van der Waals surface area contributed by atoms with Gasteiger partial charge >= 0.3 is 0 Å². The molecule has 3 rings (SSSR count). The molecule has 0 spiro atoms. The summed E-state index contributed by atoms with van der Waals surface area (Å²) in [6.07, 6.45) is 0.808. The third kappa shape index (κ3) is 2.96. The second kappa shape index (κ2) is 6.39. The molecule has 1 aromatic carbocycles. The van der Waals surface area contributed by atoms with Gasteiger partial charge in [-0.05, 0) is 31.0 Å². The lowest BCUT2D eigenvalue weighted by Crippen LogP contribution is -2.31. The summed E-state index contributed by atoms with van der Waals surface area (Å²) < 4.78 is 37.9. The molecule has 0 saturated carbocycles. The van der Waals surface area contributed by atoms with E-state index in [0.29, 0.717) is 44.3 Å². The second-order valence-corrected chi connectivity index (χ2v) is 6.94. The van der Waals surface area contributed by atoms with Crippen molar-refractivity contribution in [2.24, 2.45) is 11.7 Å². The molecular formula is C13H19ClN2O4S. The van der Waals surface area contributed by atoms with Crippen LogP contribution in [0, 0.1) is 5.92 Å². The number of fused-ring (bicyclic) bond motifs is 1. The van der Waals surface area contributed by atoms with E-state index in [0.717, 1.165) is 6.42 Å². The van der Waals surface area contributed by atoms with Crippen LogP contribution in [-0.2, 0) is 10.0 Å². The van der Waals surface area contributed by atoms with Gasteiger partial charge in [0.25, 0.3) is 0 Å². The van der Waals surface area contributed by atoms with Crippen LogP contribution < -0.4 is 15.2 Å². The number of nitrogens with zero attached hydrogens (tertiary/aromatic N) is 1. The molecule has 6 nitrogen and oxygen atoms in total. The third-order valence-corrected chi connectivity index (χ3v) is 5.62. The zero-order chi connectivity index (χ0) is 14.2. The van der Waals surface area contributed by atoms with Crippen LogP contribution in [0.3, 0.4) is 0 Å². The first-order chi connectivity index (χ1) is 9.63. The maximum atomic E-state index is 12.7. The minimum atomic E-state index is -3.55.